The normalized spacial score (nSPS) is 37.2. The molecule has 2 atom stereocenters. The van der Waals surface area contributed by atoms with Crippen molar-refractivity contribution in [2.24, 2.45) is 11.3 Å². The van der Waals surface area contributed by atoms with Crippen molar-refractivity contribution in [1.29, 1.82) is 0 Å². The number of ether oxygens (including phenoxy) is 2. The first-order valence-electron chi connectivity index (χ1n) is 4.95. The van der Waals surface area contributed by atoms with E-state index in [9.17, 15) is 0 Å². The summed E-state index contributed by atoms with van der Waals surface area (Å²) in [7, 11) is 0. The van der Waals surface area contributed by atoms with Crippen molar-refractivity contribution in [3.63, 3.8) is 0 Å². The molecular formula is C11H14O2. The van der Waals surface area contributed by atoms with Crippen LogP contribution in [0.3, 0.4) is 0 Å². The van der Waals surface area contributed by atoms with E-state index in [-0.39, 0.29) is 0 Å². The summed E-state index contributed by atoms with van der Waals surface area (Å²) in [6.45, 7) is 2.59. The van der Waals surface area contributed by atoms with Crippen LogP contribution in [-0.2, 0) is 9.47 Å². The van der Waals surface area contributed by atoms with E-state index in [2.05, 4.69) is 24.3 Å². The summed E-state index contributed by atoms with van der Waals surface area (Å²) in [5.74, 6) is 0.723. The predicted octanol–water partition coefficient (Wildman–Crippen LogP) is 1.53. The number of epoxide rings is 1. The van der Waals surface area contributed by atoms with Crippen molar-refractivity contribution < 1.29 is 9.47 Å². The highest BCUT2D eigenvalue weighted by Crippen LogP contribution is 2.56. The minimum atomic E-state index is 0.393. The third-order valence-corrected chi connectivity index (χ3v) is 3.15. The summed E-state index contributed by atoms with van der Waals surface area (Å²) < 4.78 is 10.7. The van der Waals surface area contributed by atoms with Gasteiger partial charge in [0, 0.05) is 5.41 Å². The van der Waals surface area contributed by atoms with Gasteiger partial charge in [0.25, 0.3) is 0 Å². The fraction of sp³-hybridized carbons (Fsp3) is 0.636. The summed E-state index contributed by atoms with van der Waals surface area (Å²) in [6.07, 6.45) is 10.6. The van der Waals surface area contributed by atoms with Crippen molar-refractivity contribution >= 4 is 0 Å². The Labute approximate surface area is 78.2 Å². The number of hydrogen-bond acceptors (Lipinski definition) is 2. The first-order valence-corrected chi connectivity index (χ1v) is 4.95. The van der Waals surface area contributed by atoms with Crippen molar-refractivity contribution in [2.45, 2.75) is 12.5 Å². The van der Waals surface area contributed by atoms with Gasteiger partial charge < -0.3 is 9.47 Å². The molecule has 0 aromatic carbocycles. The second kappa shape index (κ2) is 2.69. The first kappa shape index (κ1) is 7.77. The van der Waals surface area contributed by atoms with E-state index in [1.54, 1.807) is 0 Å². The molecule has 2 nitrogen and oxygen atoms in total. The molecule has 2 heteroatoms. The lowest BCUT2D eigenvalue weighted by atomic mass is 10.1. The lowest BCUT2D eigenvalue weighted by molar-refractivity contribution is 0.104. The molecule has 2 unspecified atom stereocenters. The predicted molar refractivity (Wildman–Crippen MR) is 49.4 cm³/mol. The molecule has 1 saturated carbocycles. The van der Waals surface area contributed by atoms with Crippen molar-refractivity contribution in [2.75, 3.05) is 19.8 Å². The molecule has 0 N–H and O–H groups in total. The molecular weight excluding hydrogens is 164 g/mol. The van der Waals surface area contributed by atoms with Gasteiger partial charge in [-0.2, -0.15) is 0 Å². The minimum absolute atomic E-state index is 0.393. The second-order valence-electron chi connectivity index (χ2n) is 4.22. The quantitative estimate of drug-likeness (QED) is 0.609. The van der Waals surface area contributed by atoms with Gasteiger partial charge in [0.1, 0.15) is 6.10 Å². The Morgan fingerprint density at radius 1 is 1.31 bits per heavy atom. The van der Waals surface area contributed by atoms with E-state index < -0.39 is 0 Å². The van der Waals surface area contributed by atoms with Crippen LogP contribution in [0.2, 0.25) is 0 Å². The zero-order chi connectivity index (χ0) is 8.73. The molecule has 70 valence electrons. The largest absolute Gasteiger partial charge is 0.378 e. The number of rotatable bonds is 4. The molecule has 2 fully saturated rings. The van der Waals surface area contributed by atoms with Crippen LogP contribution in [0.15, 0.2) is 24.3 Å². The molecule has 1 spiro atoms. The summed E-state index contributed by atoms with van der Waals surface area (Å²) >= 11 is 0. The van der Waals surface area contributed by atoms with Gasteiger partial charge in [-0.15, -0.1) is 0 Å². The zero-order valence-electron chi connectivity index (χ0n) is 7.61. The number of hydrogen-bond donors (Lipinski definition) is 0. The molecule has 3 rings (SSSR count). The highest BCUT2D eigenvalue weighted by atomic mass is 16.6. The molecule has 0 radical (unpaired) electrons. The maximum atomic E-state index is 5.58. The molecule has 0 aromatic rings. The van der Waals surface area contributed by atoms with Gasteiger partial charge in [0.05, 0.1) is 19.8 Å². The Morgan fingerprint density at radius 2 is 2.08 bits per heavy atom. The van der Waals surface area contributed by atoms with E-state index in [4.69, 9.17) is 9.47 Å². The highest BCUT2D eigenvalue weighted by Gasteiger charge is 2.50. The van der Waals surface area contributed by atoms with Gasteiger partial charge in [-0.25, -0.2) is 0 Å². The van der Waals surface area contributed by atoms with Crippen molar-refractivity contribution in [3.05, 3.63) is 24.3 Å². The topological polar surface area (TPSA) is 21.8 Å². The number of allylic oxidation sites excluding steroid dienone is 4. The molecule has 0 amide bonds. The molecule has 0 aromatic heterocycles. The maximum absolute atomic E-state index is 5.58. The fourth-order valence-corrected chi connectivity index (χ4v) is 2.02. The molecule has 1 heterocycles. The lowest BCUT2D eigenvalue weighted by Gasteiger charge is -2.04. The second-order valence-corrected chi connectivity index (χ2v) is 4.22. The average Bonchev–Trinajstić information content (AvgIpc) is 2.97. The fourth-order valence-electron chi connectivity index (χ4n) is 2.02. The first-order chi connectivity index (χ1) is 6.39. The van der Waals surface area contributed by atoms with Crippen LogP contribution >= 0.6 is 0 Å². The van der Waals surface area contributed by atoms with Crippen LogP contribution in [0.25, 0.3) is 0 Å². The van der Waals surface area contributed by atoms with Gasteiger partial charge in [0.15, 0.2) is 0 Å². The highest BCUT2D eigenvalue weighted by molar-refractivity contribution is 5.33. The average molecular weight is 178 g/mol. The Balaban J connectivity index is 1.43. The summed E-state index contributed by atoms with van der Waals surface area (Å²) in [5, 5.41) is 0. The van der Waals surface area contributed by atoms with Crippen LogP contribution in [0, 0.1) is 11.3 Å². The molecule has 2 aliphatic carbocycles. The molecule has 1 saturated heterocycles. The summed E-state index contributed by atoms with van der Waals surface area (Å²) in [6, 6.07) is 0. The van der Waals surface area contributed by atoms with E-state index in [0.717, 1.165) is 25.7 Å². The van der Waals surface area contributed by atoms with Gasteiger partial charge in [-0.05, 0) is 12.3 Å². The third-order valence-electron chi connectivity index (χ3n) is 3.15. The van der Waals surface area contributed by atoms with Crippen LogP contribution < -0.4 is 0 Å². The van der Waals surface area contributed by atoms with Crippen LogP contribution in [0.1, 0.15) is 6.42 Å². The molecule has 13 heavy (non-hydrogen) atoms. The smallest absolute Gasteiger partial charge is 0.104 e. The van der Waals surface area contributed by atoms with Gasteiger partial charge in [0.2, 0.25) is 0 Å². The van der Waals surface area contributed by atoms with E-state index >= 15 is 0 Å². The summed E-state index contributed by atoms with van der Waals surface area (Å²) in [4.78, 5) is 0. The summed E-state index contributed by atoms with van der Waals surface area (Å²) in [5.41, 5.74) is 0.393. The Morgan fingerprint density at radius 3 is 2.77 bits per heavy atom. The zero-order valence-corrected chi connectivity index (χ0v) is 7.61. The van der Waals surface area contributed by atoms with Gasteiger partial charge in [-0.1, -0.05) is 24.3 Å². The Bertz CT molecular complexity index is 251. The SMILES string of the molecule is C1=CC2(C=C1)CC2COCC1CO1. The van der Waals surface area contributed by atoms with Crippen molar-refractivity contribution in [1.82, 2.24) is 0 Å². The maximum Gasteiger partial charge on any atom is 0.104 e. The van der Waals surface area contributed by atoms with E-state index in [1.807, 2.05) is 0 Å². The van der Waals surface area contributed by atoms with E-state index in [0.29, 0.717) is 11.5 Å². The Hall–Kier alpha value is -0.600. The molecule has 0 bridgehead atoms. The molecule has 1 aliphatic heterocycles. The van der Waals surface area contributed by atoms with Crippen LogP contribution in [0.4, 0.5) is 0 Å². The third kappa shape index (κ3) is 1.45. The van der Waals surface area contributed by atoms with Crippen LogP contribution in [-0.4, -0.2) is 25.9 Å². The Kier molecular flexibility index (Phi) is 1.61. The van der Waals surface area contributed by atoms with E-state index in [1.165, 1.54) is 6.42 Å². The van der Waals surface area contributed by atoms with Crippen LogP contribution in [0.5, 0.6) is 0 Å². The van der Waals surface area contributed by atoms with Gasteiger partial charge in [-0.3, -0.25) is 0 Å². The van der Waals surface area contributed by atoms with Crippen molar-refractivity contribution in [3.8, 4) is 0 Å². The standard InChI is InChI=1S/C11H14O2/c1-2-4-11(3-1)5-9(11)6-12-7-10-8-13-10/h1-4,9-10H,5-8H2. The monoisotopic (exact) mass is 178 g/mol. The lowest BCUT2D eigenvalue weighted by Crippen LogP contribution is -2.06. The molecule has 3 aliphatic rings. The minimum Gasteiger partial charge on any atom is -0.378 e. The van der Waals surface area contributed by atoms with Gasteiger partial charge >= 0.3 is 0 Å².